The van der Waals surface area contributed by atoms with Crippen molar-refractivity contribution in [2.75, 3.05) is 6.61 Å². The van der Waals surface area contributed by atoms with Gasteiger partial charge in [0.1, 0.15) is 6.29 Å². The molecule has 13 heavy (non-hydrogen) atoms. The van der Waals surface area contributed by atoms with Gasteiger partial charge in [-0.05, 0) is 19.8 Å². The Morgan fingerprint density at radius 3 is 3.08 bits per heavy atom. The summed E-state index contributed by atoms with van der Waals surface area (Å²) in [7, 11) is 0. The van der Waals surface area contributed by atoms with Gasteiger partial charge in [0, 0.05) is 5.92 Å². The standard InChI is InChI=1S/C10H14O3/c1-2-13-10(12)9-6-4-3-5-8(9)7-11/h4,6-9H,2-3,5H2,1H3. The Kier molecular flexibility index (Phi) is 3.68. The van der Waals surface area contributed by atoms with Crippen LogP contribution in [-0.4, -0.2) is 18.9 Å². The second kappa shape index (κ2) is 4.80. The number of carbonyl (C=O) groups excluding carboxylic acids is 2. The molecule has 0 aromatic rings. The van der Waals surface area contributed by atoms with Gasteiger partial charge in [-0.25, -0.2) is 0 Å². The Bertz CT molecular complexity index is 220. The molecule has 3 nitrogen and oxygen atoms in total. The van der Waals surface area contributed by atoms with Crippen molar-refractivity contribution in [3.8, 4) is 0 Å². The Morgan fingerprint density at radius 1 is 1.69 bits per heavy atom. The minimum absolute atomic E-state index is 0.191. The smallest absolute Gasteiger partial charge is 0.313 e. The van der Waals surface area contributed by atoms with Crippen LogP contribution in [0.5, 0.6) is 0 Å². The average molecular weight is 182 g/mol. The van der Waals surface area contributed by atoms with Crippen LogP contribution in [0, 0.1) is 11.8 Å². The van der Waals surface area contributed by atoms with Gasteiger partial charge in [0.25, 0.3) is 0 Å². The van der Waals surface area contributed by atoms with Gasteiger partial charge in [0.2, 0.25) is 0 Å². The molecule has 0 saturated carbocycles. The van der Waals surface area contributed by atoms with Crippen LogP contribution in [0.2, 0.25) is 0 Å². The fourth-order valence-corrected chi connectivity index (χ4v) is 1.50. The molecule has 0 amide bonds. The molecule has 0 aromatic carbocycles. The highest BCUT2D eigenvalue weighted by molar-refractivity contribution is 5.79. The monoisotopic (exact) mass is 182 g/mol. The fraction of sp³-hybridized carbons (Fsp3) is 0.600. The largest absolute Gasteiger partial charge is 0.466 e. The predicted octanol–water partition coefficient (Wildman–Crippen LogP) is 1.33. The minimum Gasteiger partial charge on any atom is -0.466 e. The van der Waals surface area contributed by atoms with Crippen LogP contribution in [0.25, 0.3) is 0 Å². The van der Waals surface area contributed by atoms with Crippen molar-refractivity contribution < 1.29 is 14.3 Å². The van der Waals surface area contributed by atoms with E-state index in [0.717, 1.165) is 19.1 Å². The summed E-state index contributed by atoms with van der Waals surface area (Å²) in [6.07, 6.45) is 6.19. The zero-order chi connectivity index (χ0) is 9.68. The molecule has 0 spiro atoms. The molecule has 1 aliphatic rings. The summed E-state index contributed by atoms with van der Waals surface area (Å²) in [5, 5.41) is 0. The Hall–Kier alpha value is -1.12. The number of ether oxygens (including phenoxy) is 1. The van der Waals surface area contributed by atoms with Gasteiger partial charge in [-0.1, -0.05) is 12.2 Å². The van der Waals surface area contributed by atoms with E-state index < -0.39 is 0 Å². The molecule has 0 heterocycles. The third-order valence-electron chi connectivity index (χ3n) is 2.20. The zero-order valence-electron chi connectivity index (χ0n) is 7.73. The number of rotatable bonds is 3. The van der Waals surface area contributed by atoms with Crippen LogP contribution >= 0.6 is 0 Å². The van der Waals surface area contributed by atoms with E-state index in [2.05, 4.69) is 0 Å². The molecule has 2 atom stereocenters. The van der Waals surface area contributed by atoms with Crippen LogP contribution in [-0.2, 0) is 14.3 Å². The lowest BCUT2D eigenvalue weighted by molar-refractivity contribution is -0.149. The minimum atomic E-state index is -0.355. The van der Waals surface area contributed by atoms with Crippen LogP contribution in [0.3, 0.4) is 0 Å². The molecule has 0 bridgehead atoms. The van der Waals surface area contributed by atoms with E-state index in [4.69, 9.17) is 4.74 Å². The molecule has 1 rings (SSSR count). The van der Waals surface area contributed by atoms with E-state index in [-0.39, 0.29) is 17.8 Å². The molecule has 1 aliphatic carbocycles. The van der Waals surface area contributed by atoms with E-state index >= 15 is 0 Å². The molecule has 2 unspecified atom stereocenters. The summed E-state index contributed by atoms with van der Waals surface area (Å²) in [6, 6.07) is 0. The number of allylic oxidation sites excluding steroid dienone is 1. The second-order valence-electron chi connectivity index (χ2n) is 3.08. The first-order valence-electron chi connectivity index (χ1n) is 4.58. The highest BCUT2D eigenvalue weighted by Crippen LogP contribution is 2.23. The van der Waals surface area contributed by atoms with Crippen molar-refractivity contribution in [3.63, 3.8) is 0 Å². The normalized spacial score (nSPS) is 26.8. The van der Waals surface area contributed by atoms with Crippen molar-refractivity contribution in [2.24, 2.45) is 11.8 Å². The molecule has 0 fully saturated rings. The third kappa shape index (κ3) is 2.41. The Balaban J connectivity index is 2.63. The first-order chi connectivity index (χ1) is 6.29. The maximum atomic E-state index is 11.3. The molecule has 0 radical (unpaired) electrons. The first-order valence-corrected chi connectivity index (χ1v) is 4.58. The van der Waals surface area contributed by atoms with Gasteiger partial charge in [-0.15, -0.1) is 0 Å². The Labute approximate surface area is 77.8 Å². The van der Waals surface area contributed by atoms with E-state index in [1.54, 1.807) is 13.0 Å². The van der Waals surface area contributed by atoms with E-state index in [1.807, 2.05) is 6.08 Å². The second-order valence-corrected chi connectivity index (χ2v) is 3.08. The van der Waals surface area contributed by atoms with Crippen molar-refractivity contribution in [2.45, 2.75) is 19.8 Å². The fourth-order valence-electron chi connectivity index (χ4n) is 1.50. The third-order valence-corrected chi connectivity index (χ3v) is 2.20. The highest BCUT2D eigenvalue weighted by Gasteiger charge is 2.28. The summed E-state index contributed by atoms with van der Waals surface area (Å²) in [5.41, 5.74) is 0. The lowest BCUT2D eigenvalue weighted by Crippen LogP contribution is -2.27. The summed E-state index contributed by atoms with van der Waals surface area (Å²) in [6.45, 7) is 2.13. The van der Waals surface area contributed by atoms with Crippen molar-refractivity contribution in [3.05, 3.63) is 12.2 Å². The summed E-state index contributed by atoms with van der Waals surface area (Å²) < 4.78 is 4.86. The maximum Gasteiger partial charge on any atom is 0.313 e. The van der Waals surface area contributed by atoms with Crippen LogP contribution in [0.1, 0.15) is 19.8 Å². The summed E-state index contributed by atoms with van der Waals surface area (Å²) in [4.78, 5) is 22.0. The lowest BCUT2D eigenvalue weighted by Gasteiger charge is -2.20. The molecular formula is C10H14O3. The molecule has 3 heteroatoms. The van der Waals surface area contributed by atoms with Crippen molar-refractivity contribution in [1.29, 1.82) is 0 Å². The van der Waals surface area contributed by atoms with Gasteiger partial charge in [-0.3, -0.25) is 4.79 Å². The maximum absolute atomic E-state index is 11.3. The molecule has 0 aliphatic heterocycles. The summed E-state index contributed by atoms with van der Waals surface area (Å²) in [5.74, 6) is -0.828. The first kappa shape index (κ1) is 9.96. The van der Waals surface area contributed by atoms with E-state index in [1.165, 1.54) is 0 Å². The van der Waals surface area contributed by atoms with E-state index in [0.29, 0.717) is 6.61 Å². The average Bonchev–Trinajstić information content (AvgIpc) is 2.18. The number of carbonyl (C=O) groups is 2. The van der Waals surface area contributed by atoms with Gasteiger partial charge in [0.15, 0.2) is 0 Å². The van der Waals surface area contributed by atoms with E-state index in [9.17, 15) is 9.59 Å². The molecule has 0 N–H and O–H groups in total. The number of esters is 1. The number of hydrogen-bond donors (Lipinski definition) is 0. The van der Waals surface area contributed by atoms with Gasteiger partial charge in [0.05, 0.1) is 12.5 Å². The number of hydrogen-bond acceptors (Lipinski definition) is 3. The molecule has 0 saturated heterocycles. The molecule has 0 aromatic heterocycles. The topological polar surface area (TPSA) is 43.4 Å². The van der Waals surface area contributed by atoms with Gasteiger partial charge in [-0.2, -0.15) is 0 Å². The number of aldehydes is 1. The van der Waals surface area contributed by atoms with Crippen molar-refractivity contribution in [1.82, 2.24) is 0 Å². The van der Waals surface area contributed by atoms with Crippen LogP contribution < -0.4 is 0 Å². The SMILES string of the molecule is CCOC(=O)C1C=CCCC1C=O. The lowest BCUT2D eigenvalue weighted by atomic mass is 9.85. The highest BCUT2D eigenvalue weighted by atomic mass is 16.5. The zero-order valence-corrected chi connectivity index (χ0v) is 7.73. The van der Waals surface area contributed by atoms with Gasteiger partial charge < -0.3 is 9.53 Å². The van der Waals surface area contributed by atoms with Crippen molar-refractivity contribution >= 4 is 12.3 Å². The van der Waals surface area contributed by atoms with Crippen LogP contribution in [0.4, 0.5) is 0 Å². The molecular weight excluding hydrogens is 168 g/mol. The summed E-state index contributed by atoms with van der Waals surface area (Å²) >= 11 is 0. The predicted molar refractivity (Wildman–Crippen MR) is 48.1 cm³/mol. The van der Waals surface area contributed by atoms with Crippen LogP contribution in [0.15, 0.2) is 12.2 Å². The van der Waals surface area contributed by atoms with Gasteiger partial charge >= 0.3 is 5.97 Å². The Morgan fingerprint density at radius 2 is 2.46 bits per heavy atom. The molecule has 72 valence electrons. The quantitative estimate of drug-likeness (QED) is 0.375.